The van der Waals surface area contributed by atoms with E-state index >= 15 is 0 Å². The molecule has 0 saturated carbocycles. The summed E-state index contributed by atoms with van der Waals surface area (Å²) in [5, 5.41) is 0.825. The van der Waals surface area contributed by atoms with Crippen LogP contribution in [0.15, 0.2) is 12.3 Å². The van der Waals surface area contributed by atoms with Gasteiger partial charge >= 0.3 is 0 Å². The number of nitrogens with zero attached hydrogens (tertiary/aromatic N) is 3. The van der Waals surface area contributed by atoms with E-state index in [1.54, 1.807) is 0 Å². The zero-order valence-corrected chi connectivity index (χ0v) is 10.1. The number of thioether (sulfide) groups is 1. The van der Waals surface area contributed by atoms with Crippen molar-refractivity contribution in [2.45, 2.75) is 25.0 Å². The van der Waals surface area contributed by atoms with E-state index in [-0.39, 0.29) is 0 Å². The first-order chi connectivity index (χ1) is 7.29. The third-order valence-corrected chi connectivity index (χ3v) is 3.98. The maximum Gasteiger partial charge on any atom is 0.225 e. The lowest BCUT2D eigenvalue weighted by Gasteiger charge is -2.31. The Kier molecular flexibility index (Phi) is 3.46. The fourth-order valence-corrected chi connectivity index (χ4v) is 2.56. The molecule has 3 nitrogen and oxygen atoms in total. The van der Waals surface area contributed by atoms with Crippen LogP contribution in [0.1, 0.15) is 18.5 Å². The molecule has 0 unspecified atom stereocenters. The topological polar surface area (TPSA) is 29.0 Å². The molecule has 0 atom stereocenters. The molecule has 1 fully saturated rings. The molecule has 1 aliphatic heterocycles. The van der Waals surface area contributed by atoms with Crippen LogP contribution in [0.3, 0.4) is 0 Å². The van der Waals surface area contributed by atoms with Gasteiger partial charge in [0.05, 0.1) is 0 Å². The second-order valence-corrected chi connectivity index (χ2v) is 5.06. The summed E-state index contributed by atoms with van der Waals surface area (Å²) in [6.45, 7) is 4.20. The van der Waals surface area contributed by atoms with E-state index < -0.39 is 0 Å². The monoisotopic (exact) mass is 223 g/mol. The summed E-state index contributed by atoms with van der Waals surface area (Å²) in [6.07, 6.45) is 6.54. The normalized spacial score (nSPS) is 18.1. The Balaban J connectivity index is 2.01. The van der Waals surface area contributed by atoms with Gasteiger partial charge in [-0.15, -0.1) is 0 Å². The lowest BCUT2D eigenvalue weighted by atomic mass is 10.1. The van der Waals surface area contributed by atoms with Gasteiger partial charge in [-0.25, -0.2) is 9.97 Å². The Labute approximate surface area is 95.3 Å². The maximum absolute atomic E-state index is 4.46. The summed E-state index contributed by atoms with van der Waals surface area (Å²) < 4.78 is 0. The average molecular weight is 223 g/mol. The number of anilines is 1. The Morgan fingerprint density at radius 1 is 1.40 bits per heavy atom. The fraction of sp³-hybridized carbons (Fsp3) is 0.636. The van der Waals surface area contributed by atoms with Gasteiger partial charge in [0.1, 0.15) is 0 Å². The quantitative estimate of drug-likeness (QED) is 0.768. The number of rotatable bonds is 2. The van der Waals surface area contributed by atoms with Gasteiger partial charge in [0.15, 0.2) is 0 Å². The molecule has 0 amide bonds. The molecule has 1 aromatic rings. The van der Waals surface area contributed by atoms with E-state index in [9.17, 15) is 0 Å². The van der Waals surface area contributed by atoms with Crippen molar-refractivity contribution in [3.05, 3.63) is 18.0 Å². The number of hydrogen-bond donors (Lipinski definition) is 0. The van der Waals surface area contributed by atoms with Gasteiger partial charge in [-0.3, -0.25) is 0 Å². The molecule has 82 valence electrons. The van der Waals surface area contributed by atoms with Crippen LogP contribution >= 0.6 is 11.8 Å². The minimum absolute atomic E-state index is 0.825. The first kappa shape index (κ1) is 10.7. The van der Waals surface area contributed by atoms with Crippen LogP contribution in [0.4, 0.5) is 5.95 Å². The molecule has 1 saturated heterocycles. The predicted octanol–water partition coefficient (Wildman–Crippen LogP) is 2.12. The van der Waals surface area contributed by atoms with Gasteiger partial charge in [-0.1, -0.05) is 0 Å². The molecule has 4 heteroatoms. The van der Waals surface area contributed by atoms with Crippen LogP contribution in [0, 0.1) is 6.92 Å². The number of piperidine rings is 1. The molecular weight excluding hydrogens is 206 g/mol. The van der Waals surface area contributed by atoms with Crippen molar-refractivity contribution in [3.63, 3.8) is 0 Å². The van der Waals surface area contributed by atoms with Crippen LogP contribution in [0.25, 0.3) is 0 Å². The summed E-state index contributed by atoms with van der Waals surface area (Å²) in [4.78, 5) is 11.1. The Bertz CT molecular complexity index is 321. The molecule has 0 spiro atoms. The van der Waals surface area contributed by atoms with Crippen molar-refractivity contribution in [2.75, 3.05) is 24.2 Å². The second-order valence-electron chi connectivity index (χ2n) is 3.92. The second kappa shape index (κ2) is 4.84. The van der Waals surface area contributed by atoms with Gasteiger partial charge < -0.3 is 4.90 Å². The first-order valence-corrected chi connectivity index (χ1v) is 6.66. The molecule has 1 aromatic heterocycles. The van der Waals surface area contributed by atoms with Crippen LogP contribution in [0.2, 0.25) is 0 Å². The molecule has 2 rings (SSSR count). The van der Waals surface area contributed by atoms with Gasteiger partial charge in [-0.2, -0.15) is 11.8 Å². The zero-order chi connectivity index (χ0) is 10.7. The summed E-state index contributed by atoms with van der Waals surface area (Å²) in [7, 11) is 0. The number of hydrogen-bond acceptors (Lipinski definition) is 4. The van der Waals surface area contributed by atoms with E-state index in [2.05, 4.69) is 21.1 Å². The largest absolute Gasteiger partial charge is 0.341 e. The Morgan fingerprint density at radius 2 is 2.13 bits per heavy atom. The van der Waals surface area contributed by atoms with Crippen LogP contribution in [-0.2, 0) is 0 Å². The third kappa shape index (κ3) is 2.62. The van der Waals surface area contributed by atoms with E-state index in [1.165, 1.54) is 12.8 Å². The SMILES string of the molecule is CSC1CCN(c2nccc(C)n2)CC1. The van der Waals surface area contributed by atoms with Crippen molar-refractivity contribution < 1.29 is 0 Å². The Morgan fingerprint density at radius 3 is 2.73 bits per heavy atom. The molecule has 2 heterocycles. The Hall–Kier alpha value is -0.770. The van der Waals surface area contributed by atoms with E-state index in [4.69, 9.17) is 0 Å². The molecule has 0 N–H and O–H groups in total. The van der Waals surface area contributed by atoms with Crippen molar-refractivity contribution in [2.24, 2.45) is 0 Å². The molecule has 0 radical (unpaired) electrons. The van der Waals surface area contributed by atoms with E-state index in [1.807, 2.05) is 30.9 Å². The maximum atomic E-state index is 4.46. The first-order valence-electron chi connectivity index (χ1n) is 5.37. The molecule has 1 aliphatic rings. The van der Waals surface area contributed by atoms with Crippen molar-refractivity contribution in [3.8, 4) is 0 Å². The van der Waals surface area contributed by atoms with Crippen molar-refractivity contribution in [1.29, 1.82) is 0 Å². The number of aryl methyl sites for hydroxylation is 1. The van der Waals surface area contributed by atoms with Gasteiger partial charge in [0.2, 0.25) is 5.95 Å². The molecule has 15 heavy (non-hydrogen) atoms. The highest BCUT2D eigenvalue weighted by molar-refractivity contribution is 7.99. The van der Waals surface area contributed by atoms with Gasteiger partial charge in [-0.05, 0) is 32.1 Å². The highest BCUT2D eigenvalue weighted by atomic mass is 32.2. The van der Waals surface area contributed by atoms with Crippen LogP contribution in [0.5, 0.6) is 0 Å². The van der Waals surface area contributed by atoms with Crippen molar-refractivity contribution in [1.82, 2.24) is 9.97 Å². The van der Waals surface area contributed by atoms with Crippen LogP contribution in [-0.4, -0.2) is 34.6 Å². The van der Waals surface area contributed by atoms with E-state index in [0.29, 0.717) is 0 Å². The molecule has 0 bridgehead atoms. The minimum atomic E-state index is 0.825. The summed E-state index contributed by atoms with van der Waals surface area (Å²) in [5.74, 6) is 0.898. The van der Waals surface area contributed by atoms with Crippen LogP contribution < -0.4 is 4.90 Å². The molecule has 0 aromatic carbocycles. The highest BCUT2D eigenvalue weighted by Crippen LogP contribution is 2.23. The standard InChI is InChI=1S/C11H17N3S/c1-9-3-6-12-11(13-9)14-7-4-10(15-2)5-8-14/h3,6,10H,4-5,7-8H2,1-2H3. The lowest BCUT2D eigenvalue weighted by Crippen LogP contribution is -2.35. The zero-order valence-electron chi connectivity index (χ0n) is 9.31. The minimum Gasteiger partial charge on any atom is -0.341 e. The molecular formula is C11H17N3S. The smallest absolute Gasteiger partial charge is 0.225 e. The predicted molar refractivity (Wildman–Crippen MR) is 65.5 cm³/mol. The van der Waals surface area contributed by atoms with Crippen molar-refractivity contribution >= 4 is 17.7 Å². The van der Waals surface area contributed by atoms with E-state index in [0.717, 1.165) is 30.0 Å². The fourth-order valence-electron chi connectivity index (χ4n) is 1.88. The summed E-state index contributed by atoms with van der Waals surface area (Å²) in [5.41, 5.74) is 1.05. The highest BCUT2D eigenvalue weighted by Gasteiger charge is 2.19. The number of aromatic nitrogens is 2. The summed E-state index contributed by atoms with van der Waals surface area (Å²) in [6, 6.07) is 1.94. The van der Waals surface area contributed by atoms with Gasteiger partial charge in [0, 0.05) is 30.2 Å². The third-order valence-electron chi connectivity index (χ3n) is 2.84. The lowest BCUT2D eigenvalue weighted by molar-refractivity contribution is 0.580. The summed E-state index contributed by atoms with van der Waals surface area (Å²) >= 11 is 1.98. The average Bonchev–Trinajstić information content (AvgIpc) is 2.29. The molecule has 0 aliphatic carbocycles. The van der Waals surface area contributed by atoms with Gasteiger partial charge in [0.25, 0.3) is 0 Å².